The minimum atomic E-state index is -0.289. The summed E-state index contributed by atoms with van der Waals surface area (Å²) in [6.07, 6.45) is 0. The molecule has 0 N–H and O–H groups in total. The minimum absolute atomic E-state index is 0.289. The van der Waals surface area contributed by atoms with Gasteiger partial charge >= 0.3 is 5.63 Å². The highest BCUT2D eigenvalue weighted by Gasteiger charge is 2.08. The molecule has 2 nitrogen and oxygen atoms in total. The molecule has 0 atom stereocenters. The summed E-state index contributed by atoms with van der Waals surface area (Å²) < 4.78 is 5.42. The molecule has 88 valence electrons. The third kappa shape index (κ3) is 1.72. The molecule has 0 unspecified atom stereocenters. The monoisotopic (exact) mass is 236 g/mol. The van der Waals surface area contributed by atoms with Gasteiger partial charge < -0.3 is 4.42 Å². The fraction of sp³-hybridized carbons (Fsp3) is 0.0625. The molecule has 0 aliphatic heterocycles. The van der Waals surface area contributed by atoms with Crippen LogP contribution in [0.4, 0.5) is 0 Å². The molecule has 0 fully saturated rings. The Morgan fingerprint density at radius 2 is 1.72 bits per heavy atom. The van der Waals surface area contributed by atoms with Crippen molar-refractivity contribution in [3.63, 3.8) is 0 Å². The van der Waals surface area contributed by atoms with Gasteiger partial charge in [-0.1, -0.05) is 48.5 Å². The molecule has 2 aromatic carbocycles. The van der Waals surface area contributed by atoms with E-state index >= 15 is 0 Å². The fourth-order valence-corrected chi connectivity index (χ4v) is 2.11. The Kier molecular flexibility index (Phi) is 2.49. The molecule has 3 aromatic rings. The van der Waals surface area contributed by atoms with Crippen molar-refractivity contribution in [3.05, 3.63) is 70.6 Å². The Hall–Kier alpha value is -2.35. The lowest BCUT2D eigenvalue weighted by Crippen LogP contribution is -2.02. The molecule has 1 aromatic heterocycles. The molecule has 0 bridgehead atoms. The topological polar surface area (TPSA) is 30.2 Å². The first-order chi connectivity index (χ1) is 8.75. The second-order valence-corrected chi connectivity index (χ2v) is 4.31. The first-order valence-corrected chi connectivity index (χ1v) is 5.84. The zero-order chi connectivity index (χ0) is 12.5. The van der Waals surface area contributed by atoms with Crippen LogP contribution >= 0.6 is 0 Å². The summed E-state index contributed by atoms with van der Waals surface area (Å²) in [5.74, 6) is 0. The maximum absolute atomic E-state index is 12.0. The van der Waals surface area contributed by atoms with Gasteiger partial charge in [0.15, 0.2) is 0 Å². The zero-order valence-electron chi connectivity index (χ0n) is 10.0. The highest BCUT2D eigenvalue weighted by molar-refractivity contribution is 5.83. The molecule has 0 radical (unpaired) electrons. The molecule has 2 heteroatoms. The third-order valence-electron chi connectivity index (χ3n) is 3.04. The van der Waals surface area contributed by atoms with Crippen molar-refractivity contribution in [2.75, 3.05) is 0 Å². The summed E-state index contributed by atoms with van der Waals surface area (Å²) in [6.45, 7) is 1.94. The Balaban J connectivity index is 2.33. The highest BCUT2D eigenvalue weighted by atomic mass is 16.4. The molecular formula is C16H12O2. The van der Waals surface area contributed by atoms with Crippen LogP contribution < -0.4 is 5.63 Å². The summed E-state index contributed by atoms with van der Waals surface area (Å²) in [4.78, 5) is 12.0. The summed E-state index contributed by atoms with van der Waals surface area (Å²) in [5, 5.41) is 0.952. The number of rotatable bonds is 1. The summed E-state index contributed by atoms with van der Waals surface area (Å²) in [7, 11) is 0. The second-order valence-electron chi connectivity index (χ2n) is 4.31. The molecule has 0 saturated heterocycles. The number of para-hydroxylation sites is 1. The number of benzene rings is 2. The molecule has 0 aliphatic rings. The molecular weight excluding hydrogens is 224 g/mol. The van der Waals surface area contributed by atoms with Crippen LogP contribution in [0.1, 0.15) is 5.56 Å². The van der Waals surface area contributed by atoms with Crippen LogP contribution in [0.5, 0.6) is 0 Å². The molecule has 0 spiro atoms. The number of aryl methyl sites for hydroxylation is 1. The highest BCUT2D eigenvalue weighted by Crippen LogP contribution is 2.22. The van der Waals surface area contributed by atoms with E-state index in [0.717, 1.165) is 16.5 Å². The zero-order valence-corrected chi connectivity index (χ0v) is 10.0. The summed E-state index contributed by atoms with van der Waals surface area (Å²) in [5.41, 5.74) is 2.85. The van der Waals surface area contributed by atoms with E-state index in [-0.39, 0.29) is 5.63 Å². The molecule has 3 rings (SSSR count). The lowest BCUT2D eigenvalue weighted by Gasteiger charge is -2.04. The van der Waals surface area contributed by atoms with E-state index in [4.69, 9.17) is 4.42 Å². The largest absolute Gasteiger partial charge is 0.422 e. The van der Waals surface area contributed by atoms with Gasteiger partial charge in [-0.3, -0.25) is 0 Å². The first kappa shape index (κ1) is 10.8. The van der Waals surface area contributed by atoms with Crippen LogP contribution in [-0.4, -0.2) is 0 Å². The van der Waals surface area contributed by atoms with Gasteiger partial charge in [0, 0.05) is 5.39 Å². The maximum atomic E-state index is 12.0. The Morgan fingerprint density at radius 3 is 2.50 bits per heavy atom. The predicted octanol–water partition coefficient (Wildman–Crippen LogP) is 3.77. The minimum Gasteiger partial charge on any atom is -0.422 e. The van der Waals surface area contributed by atoms with Gasteiger partial charge in [0.2, 0.25) is 0 Å². The first-order valence-electron chi connectivity index (χ1n) is 5.84. The second kappa shape index (κ2) is 4.15. The standard InChI is InChI=1S/C16H12O2/c1-11-6-5-9-13-10-14(16(17)18-15(11)13)12-7-3-2-4-8-12/h2-10H,1H3. The van der Waals surface area contributed by atoms with Gasteiger partial charge in [-0.15, -0.1) is 0 Å². The Bertz CT molecular complexity index is 755. The van der Waals surface area contributed by atoms with E-state index in [1.165, 1.54) is 0 Å². The Morgan fingerprint density at radius 1 is 0.944 bits per heavy atom. The van der Waals surface area contributed by atoms with Gasteiger partial charge in [0.25, 0.3) is 0 Å². The quantitative estimate of drug-likeness (QED) is 0.602. The van der Waals surface area contributed by atoms with Crippen molar-refractivity contribution in [2.24, 2.45) is 0 Å². The van der Waals surface area contributed by atoms with Gasteiger partial charge in [-0.05, 0) is 24.1 Å². The number of fused-ring (bicyclic) bond motifs is 1. The molecule has 0 aliphatic carbocycles. The van der Waals surface area contributed by atoms with Crippen molar-refractivity contribution in [3.8, 4) is 11.1 Å². The predicted molar refractivity (Wildman–Crippen MR) is 72.7 cm³/mol. The van der Waals surface area contributed by atoms with Crippen molar-refractivity contribution in [1.29, 1.82) is 0 Å². The van der Waals surface area contributed by atoms with Gasteiger partial charge in [0.05, 0.1) is 5.56 Å². The molecule has 18 heavy (non-hydrogen) atoms. The average Bonchev–Trinajstić information content (AvgIpc) is 2.40. The lowest BCUT2D eigenvalue weighted by atomic mass is 10.1. The lowest BCUT2D eigenvalue weighted by molar-refractivity contribution is 0.561. The van der Waals surface area contributed by atoms with Gasteiger partial charge in [0.1, 0.15) is 5.58 Å². The van der Waals surface area contributed by atoms with Crippen LogP contribution in [0.3, 0.4) is 0 Å². The smallest absolute Gasteiger partial charge is 0.344 e. The van der Waals surface area contributed by atoms with Gasteiger partial charge in [-0.2, -0.15) is 0 Å². The van der Waals surface area contributed by atoms with E-state index < -0.39 is 0 Å². The van der Waals surface area contributed by atoms with E-state index in [1.54, 1.807) is 0 Å². The van der Waals surface area contributed by atoms with Crippen LogP contribution in [-0.2, 0) is 0 Å². The molecule has 0 saturated carbocycles. The fourth-order valence-electron chi connectivity index (χ4n) is 2.11. The van der Waals surface area contributed by atoms with Crippen LogP contribution in [0.15, 0.2) is 63.8 Å². The van der Waals surface area contributed by atoms with Crippen LogP contribution in [0, 0.1) is 6.92 Å². The molecule has 0 amide bonds. The summed E-state index contributed by atoms with van der Waals surface area (Å²) in [6, 6.07) is 17.3. The normalized spacial score (nSPS) is 10.7. The number of hydrogen-bond acceptors (Lipinski definition) is 2. The van der Waals surface area contributed by atoms with E-state index in [1.807, 2.05) is 61.5 Å². The SMILES string of the molecule is Cc1cccc2cc(-c3ccccc3)c(=O)oc12. The van der Waals surface area contributed by atoms with Crippen molar-refractivity contribution in [2.45, 2.75) is 6.92 Å². The maximum Gasteiger partial charge on any atom is 0.344 e. The molecule has 1 heterocycles. The average molecular weight is 236 g/mol. The Labute approximate surface area is 105 Å². The summed E-state index contributed by atoms with van der Waals surface area (Å²) >= 11 is 0. The number of hydrogen-bond donors (Lipinski definition) is 0. The third-order valence-corrected chi connectivity index (χ3v) is 3.04. The van der Waals surface area contributed by atoms with E-state index in [9.17, 15) is 4.79 Å². The van der Waals surface area contributed by atoms with Crippen molar-refractivity contribution in [1.82, 2.24) is 0 Å². The van der Waals surface area contributed by atoms with Crippen LogP contribution in [0.2, 0.25) is 0 Å². The van der Waals surface area contributed by atoms with Gasteiger partial charge in [-0.25, -0.2) is 4.79 Å². The van der Waals surface area contributed by atoms with E-state index in [2.05, 4.69) is 0 Å². The van der Waals surface area contributed by atoms with E-state index in [0.29, 0.717) is 11.1 Å². The van der Waals surface area contributed by atoms with Crippen LogP contribution in [0.25, 0.3) is 22.1 Å². The van der Waals surface area contributed by atoms with Crippen molar-refractivity contribution >= 4 is 11.0 Å². The van der Waals surface area contributed by atoms with Crippen molar-refractivity contribution < 1.29 is 4.42 Å².